The number of ether oxygens (including phenoxy) is 2. The summed E-state index contributed by atoms with van der Waals surface area (Å²) in [5.41, 5.74) is 2.29. The van der Waals surface area contributed by atoms with E-state index in [0.717, 1.165) is 42.5 Å². The van der Waals surface area contributed by atoms with Gasteiger partial charge in [0.15, 0.2) is 0 Å². The first kappa shape index (κ1) is 19.8. The summed E-state index contributed by atoms with van der Waals surface area (Å²) in [5.74, 6) is 2.62. The quantitative estimate of drug-likeness (QED) is 0.364. The number of anilines is 1. The van der Waals surface area contributed by atoms with E-state index in [4.69, 9.17) is 9.47 Å². The van der Waals surface area contributed by atoms with Crippen molar-refractivity contribution in [2.45, 2.75) is 39.2 Å². The standard InChI is InChI=1S/C25H29NO2/c1-2-3-4-8-19-27-23-15-11-21(12-16-23)20-26-22-13-17-25(18-14-22)28-24-9-6-5-7-10-24/h5-7,9-18,26H,2-4,8,19-20H2,1H3. The van der Waals surface area contributed by atoms with E-state index in [9.17, 15) is 0 Å². The van der Waals surface area contributed by atoms with E-state index in [0.29, 0.717) is 0 Å². The van der Waals surface area contributed by atoms with Gasteiger partial charge < -0.3 is 14.8 Å². The van der Waals surface area contributed by atoms with Crippen LogP contribution in [0.25, 0.3) is 0 Å². The summed E-state index contributed by atoms with van der Waals surface area (Å²) in [4.78, 5) is 0. The van der Waals surface area contributed by atoms with Crippen molar-refractivity contribution in [2.75, 3.05) is 11.9 Å². The van der Waals surface area contributed by atoms with E-state index >= 15 is 0 Å². The minimum atomic E-state index is 0.773. The number of para-hydroxylation sites is 1. The lowest BCUT2D eigenvalue weighted by molar-refractivity contribution is 0.305. The van der Waals surface area contributed by atoms with Crippen molar-refractivity contribution < 1.29 is 9.47 Å². The molecule has 0 unspecified atom stereocenters. The highest BCUT2D eigenvalue weighted by atomic mass is 16.5. The Kier molecular flexibility index (Phi) is 7.80. The summed E-state index contributed by atoms with van der Waals surface area (Å²) in [6.45, 7) is 3.80. The second kappa shape index (κ2) is 11.0. The Morgan fingerprint density at radius 2 is 1.36 bits per heavy atom. The number of hydrogen-bond acceptors (Lipinski definition) is 3. The predicted molar refractivity (Wildman–Crippen MR) is 116 cm³/mol. The van der Waals surface area contributed by atoms with Crippen LogP contribution < -0.4 is 14.8 Å². The number of unbranched alkanes of at least 4 members (excludes halogenated alkanes) is 3. The molecule has 3 aromatic carbocycles. The maximum Gasteiger partial charge on any atom is 0.127 e. The number of nitrogens with one attached hydrogen (secondary N) is 1. The summed E-state index contributed by atoms with van der Waals surface area (Å²) in [6.07, 6.45) is 4.91. The van der Waals surface area contributed by atoms with E-state index < -0.39 is 0 Å². The van der Waals surface area contributed by atoms with Gasteiger partial charge in [0.25, 0.3) is 0 Å². The molecule has 0 heterocycles. The second-order valence-electron chi connectivity index (χ2n) is 6.85. The molecule has 0 fully saturated rings. The molecular weight excluding hydrogens is 346 g/mol. The highest BCUT2D eigenvalue weighted by Gasteiger charge is 1.99. The van der Waals surface area contributed by atoms with E-state index in [2.05, 4.69) is 24.4 Å². The van der Waals surface area contributed by atoms with Gasteiger partial charge in [0.05, 0.1) is 6.61 Å². The van der Waals surface area contributed by atoms with E-state index in [-0.39, 0.29) is 0 Å². The van der Waals surface area contributed by atoms with Gasteiger partial charge in [-0.2, -0.15) is 0 Å². The van der Waals surface area contributed by atoms with Crippen molar-refractivity contribution >= 4 is 5.69 Å². The smallest absolute Gasteiger partial charge is 0.127 e. The van der Waals surface area contributed by atoms with Crippen LogP contribution in [-0.4, -0.2) is 6.61 Å². The van der Waals surface area contributed by atoms with Gasteiger partial charge in [0, 0.05) is 12.2 Å². The molecule has 0 atom stereocenters. The Morgan fingerprint density at radius 1 is 0.679 bits per heavy atom. The largest absolute Gasteiger partial charge is 0.494 e. The lowest BCUT2D eigenvalue weighted by Gasteiger charge is -2.10. The van der Waals surface area contributed by atoms with Crippen molar-refractivity contribution in [1.82, 2.24) is 0 Å². The molecule has 0 aliphatic heterocycles. The van der Waals surface area contributed by atoms with Gasteiger partial charge in [-0.1, -0.05) is 56.5 Å². The molecule has 0 radical (unpaired) electrons. The summed E-state index contributed by atoms with van der Waals surface area (Å²) in [6, 6.07) is 26.2. The molecule has 0 amide bonds. The van der Waals surface area contributed by atoms with Crippen LogP contribution in [0.4, 0.5) is 5.69 Å². The third-order valence-electron chi connectivity index (χ3n) is 4.52. The number of rotatable bonds is 11. The SMILES string of the molecule is CCCCCCOc1ccc(CNc2ccc(Oc3ccccc3)cc2)cc1. The van der Waals surface area contributed by atoms with E-state index in [1.165, 1.54) is 24.8 Å². The van der Waals surface area contributed by atoms with Crippen LogP contribution in [0.1, 0.15) is 38.2 Å². The highest BCUT2D eigenvalue weighted by molar-refractivity contribution is 5.47. The molecule has 3 nitrogen and oxygen atoms in total. The fourth-order valence-corrected chi connectivity index (χ4v) is 2.89. The molecular formula is C25H29NO2. The average Bonchev–Trinajstić information content (AvgIpc) is 2.75. The fourth-order valence-electron chi connectivity index (χ4n) is 2.89. The minimum absolute atomic E-state index is 0.773. The first-order valence-corrected chi connectivity index (χ1v) is 10.1. The maximum absolute atomic E-state index is 5.82. The second-order valence-corrected chi connectivity index (χ2v) is 6.85. The van der Waals surface area contributed by atoms with Crippen LogP contribution in [0.5, 0.6) is 17.2 Å². The molecule has 146 valence electrons. The van der Waals surface area contributed by atoms with E-state index in [1.54, 1.807) is 0 Å². The van der Waals surface area contributed by atoms with E-state index in [1.807, 2.05) is 66.7 Å². The number of hydrogen-bond donors (Lipinski definition) is 1. The van der Waals surface area contributed by atoms with Crippen LogP contribution >= 0.6 is 0 Å². The fraction of sp³-hybridized carbons (Fsp3) is 0.280. The maximum atomic E-state index is 5.82. The van der Waals surface area contributed by atoms with Crippen LogP contribution in [0.15, 0.2) is 78.9 Å². The third kappa shape index (κ3) is 6.66. The molecule has 3 rings (SSSR count). The molecule has 1 N–H and O–H groups in total. The molecule has 0 saturated heterocycles. The van der Waals surface area contributed by atoms with Crippen molar-refractivity contribution in [3.8, 4) is 17.2 Å². The molecule has 0 bridgehead atoms. The molecule has 0 saturated carbocycles. The number of benzene rings is 3. The predicted octanol–water partition coefficient (Wildman–Crippen LogP) is 7.05. The minimum Gasteiger partial charge on any atom is -0.494 e. The van der Waals surface area contributed by atoms with Crippen LogP contribution in [-0.2, 0) is 6.54 Å². The lowest BCUT2D eigenvalue weighted by Crippen LogP contribution is -2.00. The average molecular weight is 376 g/mol. The Hall–Kier alpha value is -2.94. The first-order chi connectivity index (χ1) is 13.8. The topological polar surface area (TPSA) is 30.5 Å². The van der Waals surface area contributed by atoms with Crippen LogP contribution in [0.3, 0.4) is 0 Å². The van der Waals surface area contributed by atoms with Crippen molar-refractivity contribution in [3.05, 3.63) is 84.4 Å². The Labute approximate surface area is 168 Å². The van der Waals surface area contributed by atoms with Gasteiger partial charge in [0.2, 0.25) is 0 Å². The van der Waals surface area contributed by atoms with Gasteiger partial charge in [-0.25, -0.2) is 0 Å². The molecule has 3 heteroatoms. The first-order valence-electron chi connectivity index (χ1n) is 10.1. The van der Waals surface area contributed by atoms with Crippen molar-refractivity contribution in [3.63, 3.8) is 0 Å². The van der Waals surface area contributed by atoms with Gasteiger partial charge in [0.1, 0.15) is 17.2 Å². The van der Waals surface area contributed by atoms with Crippen molar-refractivity contribution in [1.29, 1.82) is 0 Å². The van der Waals surface area contributed by atoms with Gasteiger partial charge in [-0.3, -0.25) is 0 Å². The Morgan fingerprint density at radius 3 is 2.07 bits per heavy atom. The van der Waals surface area contributed by atoms with Gasteiger partial charge in [-0.15, -0.1) is 0 Å². The Bertz CT molecular complexity index is 798. The molecule has 0 aromatic heterocycles. The summed E-state index contributed by atoms with van der Waals surface area (Å²) < 4.78 is 11.6. The monoisotopic (exact) mass is 375 g/mol. The zero-order valence-corrected chi connectivity index (χ0v) is 16.6. The molecule has 3 aromatic rings. The molecule has 0 aliphatic rings. The zero-order valence-electron chi connectivity index (χ0n) is 16.6. The highest BCUT2D eigenvalue weighted by Crippen LogP contribution is 2.23. The molecule has 0 spiro atoms. The molecule has 28 heavy (non-hydrogen) atoms. The lowest BCUT2D eigenvalue weighted by atomic mass is 10.2. The normalized spacial score (nSPS) is 10.5. The summed E-state index contributed by atoms with van der Waals surface area (Å²) in [7, 11) is 0. The van der Waals surface area contributed by atoms with Gasteiger partial charge >= 0.3 is 0 Å². The molecule has 0 aliphatic carbocycles. The van der Waals surface area contributed by atoms with Gasteiger partial charge in [-0.05, 0) is 60.5 Å². The summed E-state index contributed by atoms with van der Waals surface area (Å²) in [5, 5.41) is 3.44. The third-order valence-corrected chi connectivity index (χ3v) is 4.52. The van der Waals surface area contributed by atoms with Crippen molar-refractivity contribution in [2.24, 2.45) is 0 Å². The van der Waals surface area contributed by atoms with Crippen LogP contribution in [0, 0.1) is 0 Å². The summed E-state index contributed by atoms with van der Waals surface area (Å²) >= 11 is 0. The van der Waals surface area contributed by atoms with Crippen LogP contribution in [0.2, 0.25) is 0 Å². The zero-order chi connectivity index (χ0) is 19.4. The Balaban J connectivity index is 1.42.